The first-order chi connectivity index (χ1) is 14.5. The highest BCUT2D eigenvalue weighted by Gasteiger charge is 2.22. The summed E-state index contributed by atoms with van der Waals surface area (Å²) in [5, 5.41) is 7.55. The van der Waals surface area contributed by atoms with E-state index in [1.165, 1.54) is 0 Å². The molecule has 1 atom stereocenters. The smallest absolute Gasteiger partial charge is 0.259 e. The normalized spacial score (nSPS) is 12.0. The summed E-state index contributed by atoms with van der Waals surface area (Å²) in [6, 6.07) is 10.4. The topological polar surface area (TPSA) is 99.6 Å². The van der Waals surface area contributed by atoms with E-state index in [4.69, 9.17) is 18.4 Å². The standard InChI is InChI=1S/C22H21N3O5/c1-12(14-7-8-18(27-3)19(10-14)28-4)23-21(26)15-11-16(17-6-5-9-29-17)24-22-20(15)13(2)25-30-22/h5-12H,1-4H3,(H,23,26). The number of carbonyl (C=O) groups excluding carboxylic acids is 1. The number of hydrogen-bond acceptors (Lipinski definition) is 7. The van der Waals surface area contributed by atoms with Gasteiger partial charge in [0.15, 0.2) is 17.3 Å². The van der Waals surface area contributed by atoms with Gasteiger partial charge in [0.2, 0.25) is 0 Å². The second-order valence-corrected chi connectivity index (χ2v) is 6.79. The van der Waals surface area contributed by atoms with Crippen LogP contribution in [0.25, 0.3) is 22.6 Å². The van der Waals surface area contributed by atoms with E-state index in [2.05, 4.69) is 15.5 Å². The Morgan fingerprint density at radius 3 is 2.63 bits per heavy atom. The molecule has 8 heteroatoms. The third-order valence-electron chi connectivity index (χ3n) is 4.89. The zero-order valence-corrected chi connectivity index (χ0v) is 17.1. The van der Waals surface area contributed by atoms with E-state index >= 15 is 0 Å². The number of hydrogen-bond donors (Lipinski definition) is 1. The number of aromatic nitrogens is 2. The Kier molecular flexibility index (Phi) is 5.14. The van der Waals surface area contributed by atoms with E-state index < -0.39 is 0 Å². The van der Waals surface area contributed by atoms with E-state index in [1.807, 2.05) is 19.1 Å². The second-order valence-electron chi connectivity index (χ2n) is 6.79. The Bertz CT molecular complexity index is 1200. The molecular weight excluding hydrogens is 386 g/mol. The van der Waals surface area contributed by atoms with Gasteiger partial charge >= 0.3 is 0 Å². The maximum absolute atomic E-state index is 13.2. The maximum atomic E-state index is 13.2. The first kappa shape index (κ1) is 19.5. The van der Waals surface area contributed by atoms with Crippen molar-refractivity contribution < 1.29 is 23.2 Å². The van der Waals surface area contributed by atoms with Crippen LogP contribution in [0.15, 0.2) is 51.6 Å². The van der Waals surface area contributed by atoms with Crippen molar-refractivity contribution in [3.8, 4) is 23.0 Å². The Labute approximate surface area is 172 Å². The lowest BCUT2D eigenvalue weighted by atomic mass is 10.0. The van der Waals surface area contributed by atoms with Gasteiger partial charge in [-0.25, -0.2) is 4.98 Å². The number of fused-ring (bicyclic) bond motifs is 1. The number of rotatable bonds is 6. The first-order valence-electron chi connectivity index (χ1n) is 9.35. The molecule has 4 aromatic rings. The number of nitrogens with one attached hydrogen (secondary N) is 1. The minimum Gasteiger partial charge on any atom is -0.493 e. The van der Waals surface area contributed by atoms with Gasteiger partial charge in [0.25, 0.3) is 11.6 Å². The molecule has 0 saturated heterocycles. The molecule has 1 aromatic carbocycles. The largest absolute Gasteiger partial charge is 0.493 e. The van der Waals surface area contributed by atoms with E-state index in [1.54, 1.807) is 51.7 Å². The Balaban J connectivity index is 1.68. The summed E-state index contributed by atoms with van der Waals surface area (Å²) in [6.45, 7) is 3.67. The molecule has 1 N–H and O–H groups in total. The zero-order chi connectivity index (χ0) is 21.3. The number of amides is 1. The summed E-state index contributed by atoms with van der Waals surface area (Å²) in [5.41, 5.74) is 2.65. The quantitative estimate of drug-likeness (QED) is 0.509. The fraction of sp³-hybridized carbons (Fsp3) is 0.227. The van der Waals surface area contributed by atoms with Crippen molar-refractivity contribution in [3.05, 3.63) is 59.5 Å². The summed E-state index contributed by atoms with van der Waals surface area (Å²) in [5.74, 6) is 1.48. The minimum atomic E-state index is -0.284. The van der Waals surface area contributed by atoms with Crippen molar-refractivity contribution in [3.63, 3.8) is 0 Å². The molecule has 1 unspecified atom stereocenters. The lowest BCUT2D eigenvalue weighted by molar-refractivity contribution is 0.0941. The van der Waals surface area contributed by atoms with Crippen LogP contribution in [-0.2, 0) is 0 Å². The Morgan fingerprint density at radius 2 is 1.93 bits per heavy atom. The fourth-order valence-electron chi connectivity index (χ4n) is 3.30. The van der Waals surface area contributed by atoms with E-state index in [0.717, 1.165) is 5.56 Å². The SMILES string of the molecule is COc1ccc(C(C)NC(=O)c2cc(-c3ccco3)nc3onc(C)c23)cc1OC. The number of nitrogens with zero attached hydrogens (tertiary/aromatic N) is 2. The van der Waals surface area contributed by atoms with E-state index in [0.29, 0.717) is 39.6 Å². The number of pyridine rings is 1. The van der Waals surface area contributed by atoms with Crippen LogP contribution < -0.4 is 14.8 Å². The van der Waals surface area contributed by atoms with Crippen LogP contribution in [0.2, 0.25) is 0 Å². The van der Waals surface area contributed by atoms with Gasteiger partial charge in [0.1, 0.15) is 5.69 Å². The van der Waals surface area contributed by atoms with Crippen molar-refractivity contribution >= 4 is 17.0 Å². The van der Waals surface area contributed by atoms with Crippen LogP contribution in [0.3, 0.4) is 0 Å². The van der Waals surface area contributed by atoms with Crippen molar-refractivity contribution in [2.75, 3.05) is 14.2 Å². The van der Waals surface area contributed by atoms with Crippen molar-refractivity contribution in [2.45, 2.75) is 19.9 Å². The summed E-state index contributed by atoms with van der Waals surface area (Å²) in [6.07, 6.45) is 1.55. The molecule has 3 heterocycles. The highest BCUT2D eigenvalue weighted by Crippen LogP contribution is 2.31. The van der Waals surface area contributed by atoms with Crippen molar-refractivity contribution in [1.82, 2.24) is 15.5 Å². The van der Waals surface area contributed by atoms with Gasteiger partial charge < -0.3 is 23.7 Å². The lowest BCUT2D eigenvalue weighted by Gasteiger charge is -2.17. The van der Waals surface area contributed by atoms with Gasteiger partial charge in [-0.2, -0.15) is 0 Å². The molecule has 0 aliphatic carbocycles. The third kappa shape index (κ3) is 3.47. The van der Waals surface area contributed by atoms with Gasteiger partial charge in [-0.05, 0) is 49.7 Å². The van der Waals surface area contributed by atoms with Crippen LogP contribution >= 0.6 is 0 Å². The zero-order valence-electron chi connectivity index (χ0n) is 17.1. The number of carbonyl (C=O) groups is 1. The van der Waals surface area contributed by atoms with E-state index in [-0.39, 0.29) is 17.7 Å². The molecule has 0 saturated carbocycles. The summed E-state index contributed by atoms with van der Waals surface area (Å²) in [7, 11) is 3.15. The Morgan fingerprint density at radius 1 is 1.13 bits per heavy atom. The van der Waals surface area contributed by atoms with Crippen molar-refractivity contribution in [2.24, 2.45) is 0 Å². The second kappa shape index (κ2) is 7.90. The highest BCUT2D eigenvalue weighted by atomic mass is 16.5. The summed E-state index contributed by atoms with van der Waals surface area (Å²) < 4.78 is 21.4. The predicted octanol–water partition coefficient (Wildman–Crippen LogP) is 4.30. The lowest BCUT2D eigenvalue weighted by Crippen LogP contribution is -2.27. The van der Waals surface area contributed by atoms with Crippen molar-refractivity contribution in [1.29, 1.82) is 0 Å². The van der Waals surface area contributed by atoms with Gasteiger partial charge in [0.05, 0.1) is 43.2 Å². The van der Waals surface area contributed by atoms with Gasteiger partial charge in [-0.3, -0.25) is 4.79 Å². The molecule has 3 aromatic heterocycles. The monoisotopic (exact) mass is 407 g/mol. The number of methoxy groups -OCH3 is 2. The third-order valence-corrected chi connectivity index (χ3v) is 4.89. The molecule has 0 aliphatic heterocycles. The van der Waals surface area contributed by atoms with Gasteiger partial charge in [0, 0.05) is 0 Å². The highest BCUT2D eigenvalue weighted by molar-refractivity contribution is 6.07. The number of benzene rings is 1. The first-order valence-corrected chi connectivity index (χ1v) is 9.35. The molecule has 0 radical (unpaired) electrons. The average Bonchev–Trinajstić information content (AvgIpc) is 3.43. The fourth-order valence-corrected chi connectivity index (χ4v) is 3.30. The number of furan rings is 1. The van der Waals surface area contributed by atoms with Crippen LogP contribution in [0.4, 0.5) is 0 Å². The minimum absolute atomic E-state index is 0.274. The van der Waals surface area contributed by atoms with E-state index in [9.17, 15) is 4.79 Å². The molecule has 8 nitrogen and oxygen atoms in total. The maximum Gasteiger partial charge on any atom is 0.259 e. The molecule has 30 heavy (non-hydrogen) atoms. The molecule has 0 aliphatic rings. The molecule has 1 amide bonds. The average molecular weight is 407 g/mol. The van der Waals surface area contributed by atoms with Crippen LogP contribution in [-0.4, -0.2) is 30.3 Å². The molecule has 0 fully saturated rings. The molecule has 154 valence electrons. The molecular formula is C22H21N3O5. The number of aryl methyl sites for hydroxylation is 1. The van der Waals surface area contributed by atoms with Gasteiger partial charge in [-0.1, -0.05) is 11.2 Å². The van der Waals surface area contributed by atoms with Gasteiger partial charge in [-0.15, -0.1) is 0 Å². The molecule has 4 rings (SSSR count). The van der Waals surface area contributed by atoms with Crippen LogP contribution in [0.1, 0.15) is 34.6 Å². The molecule has 0 bridgehead atoms. The van der Waals surface area contributed by atoms with Crippen LogP contribution in [0, 0.1) is 6.92 Å². The summed E-state index contributed by atoms with van der Waals surface area (Å²) in [4.78, 5) is 17.6. The predicted molar refractivity (Wildman–Crippen MR) is 110 cm³/mol. The van der Waals surface area contributed by atoms with Crippen LogP contribution in [0.5, 0.6) is 11.5 Å². The molecule has 0 spiro atoms. The summed E-state index contributed by atoms with van der Waals surface area (Å²) >= 11 is 0. The Hall–Kier alpha value is -3.81. The number of ether oxygens (including phenoxy) is 2.